The van der Waals surface area contributed by atoms with Crippen LogP contribution in [-0.4, -0.2) is 33.2 Å². The van der Waals surface area contributed by atoms with E-state index in [2.05, 4.69) is 15.5 Å². The molecule has 1 aliphatic heterocycles. The first-order chi connectivity index (χ1) is 16.6. The van der Waals surface area contributed by atoms with Crippen molar-refractivity contribution in [3.8, 4) is 22.9 Å². The zero-order valence-corrected chi connectivity index (χ0v) is 19.9. The van der Waals surface area contributed by atoms with Crippen LogP contribution in [0.2, 0.25) is 5.02 Å². The third kappa shape index (κ3) is 4.88. The number of halogens is 1. The minimum Gasteiger partial charge on any atom is -0.454 e. The van der Waals surface area contributed by atoms with Crippen LogP contribution in [0.1, 0.15) is 11.1 Å². The quantitative estimate of drug-likeness (QED) is 0.347. The number of aryl methyl sites for hydroxylation is 1. The zero-order chi connectivity index (χ0) is 23.5. The molecule has 34 heavy (non-hydrogen) atoms. The summed E-state index contributed by atoms with van der Waals surface area (Å²) in [5.74, 6) is 2.17. The molecule has 1 aliphatic rings. The topological polar surface area (TPSA) is 78.3 Å². The lowest BCUT2D eigenvalue weighted by atomic mass is 10.2. The Kier molecular flexibility index (Phi) is 6.42. The third-order valence-electron chi connectivity index (χ3n) is 5.26. The summed E-state index contributed by atoms with van der Waals surface area (Å²) in [7, 11) is 0. The molecule has 1 N–H and O–H groups in total. The van der Waals surface area contributed by atoms with Gasteiger partial charge in [0, 0.05) is 5.56 Å². The first kappa shape index (κ1) is 22.3. The molecule has 0 saturated carbocycles. The number of fused-ring (bicyclic) bond motifs is 1. The number of nitrogens with zero attached hydrogens (tertiary/aromatic N) is 3. The van der Waals surface area contributed by atoms with Crippen molar-refractivity contribution in [2.45, 2.75) is 18.6 Å². The molecule has 0 aliphatic carbocycles. The van der Waals surface area contributed by atoms with Gasteiger partial charge in [0.1, 0.15) is 0 Å². The Labute approximate surface area is 206 Å². The highest BCUT2D eigenvalue weighted by atomic mass is 35.5. The minimum absolute atomic E-state index is 0.165. The number of anilines is 1. The van der Waals surface area contributed by atoms with E-state index in [-0.39, 0.29) is 18.5 Å². The van der Waals surface area contributed by atoms with Crippen LogP contribution in [0.15, 0.2) is 71.9 Å². The summed E-state index contributed by atoms with van der Waals surface area (Å²) in [6, 6.07) is 21.2. The molecule has 0 bridgehead atoms. The summed E-state index contributed by atoms with van der Waals surface area (Å²) in [4.78, 5) is 12.6. The summed E-state index contributed by atoms with van der Waals surface area (Å²) >= 11 is 7.57. The van der Waals surface area contributed by atoms with E-state index in [9.17, 15) is 4.79 Å². The van der Waals surface area contributed by atoms with Crippen LogP contribution in [0.3, 0.4) is 0 Å². The predicted molar refractivity (Wildman–Crippen MR) is 133 cm³/mol. The van der Waals surface area contributed by atoms with E-state index in [1.165, 1.54) is 11.8 Å². The number of hydrogen-bond donors (Lipinski definition) is 1. The second-order valence-corrected chi connectivity index (χ2v) is 9.12. The van der Waals surface area contributed by atoms with Crippen LogP contribution in [0.25, 0.3) is 11.4 Å². The maximum absolute atomic E-state index is 12.6. The number of hydrogen-bond acceptors (Lipinski definition) is 6. The number of amides is 1. The average molecular weight is 493 g/mol. The summed E-state index contributed by atoms with van der Waals surface area (Å²) < 4.78 is 13.0. The number of rotatable bonds is 7. The van der Waals surface area contributed by atoms with Crippen molar-refractivity contribution < 1.29 is 14.3 Å². The molecule has 5 rings (SSSR count). The van der Waals surface area contributed by atoms with E-state index < -0.39 is 0 Å². The molecule has 172 valence electrons. The van der Waals surface area contributed by atoms with Crippen LogP contribution in [-0.2, 0) is 11.3 Å². The Morgan fingerprint density at radius 3 is 2.71 bits per heavy atom. The monoisotopic (exact) mass is 492 g/mol. The van der Waals surface area contributed by atoms with E-state index in [1.807, 2.05) is 72.2 Å². The number of nitrogens with one attached hydrogen (secondary N) is 1. The second-order valence-electron chi connectivity index (χ2n) is 7.77. The molecule has 0 fully saturated rings. The van der Waals surface area contributed by atoms with Gasteiger partial charge in [0.25, 0.3) is 0 Å². The van der Waals surface area contributed by atoms with Crippen LogP contribution >= 0.6 is 23.4 Å². The Balaban J connectivity index is 1.37. The number of carbonyl (C=O) groups excluding carboxylic acids is 1. The van der Waals surface area contributed by atoms with Crippen molar-refractivity contribution >= 4 is 35.0 Å². The maximum atomic E-state index is 12.6. The van der Waals surface area contributed by atoms with Gasteiger partial charge in [0.2, 0.25) is 12.7 Å². The normalized spacial score (nSPS) is 12.1. The predicted octanol–water partition coefficient (Wildman–Crippen LogP) is 5.41. The molecular weight excluding hydrogens is 472 g/mol. The Bertz CT molecular complexity index is 1340. The first-order valence-electron chi connectivity index (χ1n) is 10.6. The fraction of sp³-hybridized carbons (Fsp3) is 0.160. The van der Waals surface area contributed by atoms with Gasteiger partial charge >= 0.3 is 0 Å². The van der Waals surface area contributed by atoms with Crippen molar-refractivity contribution in [1.82, 2.24) is 14.8 Å². The Morgan fingerprint density at radius 2 is 1.88 bits per heavy atom. The van der Waals surface area contributed by atoms with Crippen LogP contribution in [0.5, 0.6) is 11.5 Å². The third-order valence-corrected chi connectivity index (χ3v) is 6.54. The molecule has 1 amide bonds. The molecule has 9 heteroatoms. The van der Waals surface area contributed by atoms with Crippen LogP contribution in [0.4, 0.5) is 5.69 Å². The molecule has 7 nitrogen and oxygen atoms in total. The molecular formula is C25H21ClN4O3S. The molecule has 4 aromatic rings. The number of benzene rings is 3. The van der Waals surface area contributed by atoms with Gasteiger partial charge < -0.3 is 14.8 Å². The van der Waals surface area contributed by atoms with Gasteiger partial charge in [-0.3, -0.25) is 9.36 Å². The lowest BCUT2D eigenvalue weighted by Crippen LogP contribution is -2.15. The van der Waals surface area contributed by atoms with Gasteiger partial charge in [0.15, 0.2) is 22.5 Å². The van der Waals surface area contributed by atoms with E-state index in [1.54, 1.807) is 6.07 Å². The number of aromatic nitrogens is 3. The van der Waals surface area contributed by atoms with E-state index >= 15 is 0 Å². The number of thioether (sulfide) groups is 1. The second kappa shape index (κ2) is 9.79. The average Bonchev–Trinajstić information content (AvgIpc) is 3.47. The highest BCUT2D eigenvalue weighted by molar-refractivity contribution is 7.99. The lowest BCUT2D eigenvalue weighted by Gasteiger charge is -2.11. The SMILES string of the molecule is Cc1ccc(NC(=O)CSc2nnc(-c3ccccc3)n2Cc2ccc3c(c2)OCO3)c(Cl)c1. The molecule has 0 atom stereocenters. The van der Waals surface area contributed by atoms with Crippen molar-refractivity contribution in [2.24, 2.45) is 0 Å². The fourth-order valence-electron chi connectivity index (χ4n) is 3.60. The molecule has 1 aromatic heterocycles. The van der Waals surface area contributed by atoms with E-state index in [0.29, 0.717) is 22.4 Å². The van der Waals surface area contributed by atoms with Gasteiger partial charge in [-0.2, -0.15) is 0 Å². The van der Waals surface area contributed by atoms with Crippen LogP contribution in [0, 0.1) is 6.92 Å². The number of ether oxygens (including phenoxy) is 2. The molecule has 0 unspecified atom stereocenters. The molecule has 0 saturated heterocycles. The minimum atomic E-state index is -0.172. The smallest absolute Gasteiger partial charge is 0.234 e. The summed E-state index contributed by atoms with van der Waals surface area (Å²) in [6.07, 6.45) is 0. The van der Waals surface area contributed by atoms with Gasteiger partial charge in [-0.25, -0.2) is 0 Å². The first-order valence-corrected chi connectivity index (χ1v) is 12.0. The molecule has 0 spiro atoms. The Morgan fingerprint density at radius 1 is 1.06 bits per heavy atom. The van der Waals surface area contributed by atoms with E-state index in [4.69, 9.17) is 21.1 Å². The zero-order valence-electron chi connectivity index (χ0n) is 18.3. The fourth-order valence-corrected chi connectivity index (χ4v) is 4.62. The Hall–Kier alpha value is -3.49. The van der Waals surface area contributed by atoms with E-state index in [0.717, 1.165) is 34.0 Å². The molecule has 3 aromatic carbocycles. The summed E-state index contributed by atoms with van der Waals surface area (Å²) in [5.41, 5.74) is 3.57. The standard InChI is InChI=1S/C25H21ClN4O3S/c1-16-7-9-20(19(26)11-16)27-23(31)14-34-25-29-28-24(18-5-3-2-4-6-18)30(25)13-17-8-10-21-22(12-17)33-15-32-21/h2-12H,13-15H2,1H3,(H,27,31). The van der Waals surface area contributed by atoms with Crippen molar-refractivity contribution in [3.05, 3.63) is 82.9 Å². The van der Waals surface area contributed by atoms with Crippen molar-refractivity contribution in [2.75, 3.05) is 17.9 Å². The molecule has 2 heterocycles. The highest BCUT2D eigenvalue weighted by Crippen LogP contribution is 2.34. The number of carbonyl (C=O) groups is 1. The van der Waals surface area contributed by atoms with Gasteiger partial charge in [-0.05, 0) is 42.3 Å². The van der Waals surface area contributed by atoms with Gasteiger partial charge in [0.05, 0.1) is 23.0 Å². The largest absolute Gasteiger partial charge is 0.454 e. The lowest BCUT2D eigenvalue weighted by molar-refractivity contribution is -0.113. The molecule has 0 radical (unpaired) electrons. The van der Waals surface area contributed by atoms with Crippen molar-refractivity contribution in [3.63, 3.8) is 0 Å². The van der Waals surface area contributed by atoms with Crippen LogP contribution < -0.4 is 14.8 Å². The summed E-state index contributed by atoms with van der Waals surface area (Å²) in [6.45, 7) is 2.69. The van der Waals surface area contributed by atoms with Crippen molar-refractivity contribution in [1.29, 1.82) is 0 Å². The summed E-state index contributed by atoms with van der Waals surface area (Å²) in [5, 5.41) is 12.8. The van der Waals surface area contributed by atoms with Gasteiger partial charge in [-0.15, -0.1) is 10.2 Å². The maximum Gasteiger partial charge on any atom is 0.234 e. The highest BCUT2D eigenvalue weighted by Gasteiger charge is 2.19. The van der Waals surface area contributed by atoms with Gasteiger partial charge in [-0.1, -0.05) is 65.8 Å².